The fraction of sp³-hybridized carbons (Fsp3) is 0.300. The summed E-state index contributed by atoms with van der Waals surface area (Å²) in [5.74, 6) is -1.58. The first-order valence-electron chi connectivity index (χ1n) is 4.44. The molecule has 0 amide bonds. The number of halogens is 1. The third-order valence-corrected chi connectivity index (χ3v) is 2.44. The maximum absolute atomic E-state index is 12.8. The van der Waals surface area contributed by atoms with Gasteiger partial charge in [0.25, 0.3) is 0 Å². The van der Waals surface area contributed by atoms with Crippen molar-refractivity contribution in [1.82, 2.24) is 5.32 Å². The van der Waals surface area contributed by atoms with E-state index in [9.17, 15) is 9.18 Å². The van der Waals surface area contributed by atoms with Crippen molar-refractivity contribution < 1.29 is 14.3 Å². The fourth-order valence-corrected chi connectivity index (χ4v) is 1.57. The van der Waals surface area contributed by atoms with Gasteiger partial charge in [-0.1, -0.05) is 6.07 Å². The first kappa shape index (κ1) is 9.15. The van der Waals surface area contributed by atoms with Crippen molar-refractivity contribution in [2.75, 3.05) is 6.54 Å². The van der Waals surface area contributed by atoms with E-state index >= 15 is 0 Å². The molecule has 0 aliphatic carbocycles. The molecule has 14 heavy (non-hydrogen) atoms. The van der Waals surface area contributed by atoms with Crippen LogP contribution in [-0.4, -0.2) is 17.6 Å². The van der Waals surface area contributed by atoms with Crippen LogP contribution in [0.4, 0.5) is 4.39 Å². The molecule has 0 radical (unpaired) electrons. The molecule has 0 saturated carbocycles. The van der Waals surface area contributed by atoms with Gasteiger partial charge >= 0.3 is 5.97 Å². The van der Waals surface area contributed by atoms with E-state index in [0.717, 1.165) is 19.0 Å². The predicted octanol–water partition coefficient (Wildman–Crippen LogP) is 1.56. The first-order chi connectivity index (χ1) is 6.68. The van der Waals surface area contributed by atoms with Gasteiger partial charge in [0.1, 0.15) is 5.82 Å². The van der Waals surface area contributed by atoms with Crippen LogP contribution in [0, 0.1) is 5.82 Å². The van der Waals surface area contributed by atoms with Crippen LogP contribution in [0.1, 0.15) is 28.4 Å². The lowest BCUT2D eigenvalue weighted by molar-refractivity contribution is 0.0693. The maximum atomic E-state index is 12.8. The molecule has 1 saturated heterocycles. The number of carboxylic acids is 1. The molecule has 1 fully saturated rings. The molecule has 1 aliphatic heterocycles. The van der Waals surface area contributed by atoms with E-state index in [-0.39, 0.29) is 11.6 Å². The van der Waals surface area contributed by atoms with Crippen LogP contribution in [0.15, 0.2) is 18.2 Å². The predicted molar refractivity (Wildman–Crippen MR) is 48.7 cm³/mol. The van der Waals surface area contributed by atoms with Crippen LogP contribution in [0.2, 0.25) is 0 Å². The number of aromatic carboxylic acids is 1. The Labute approximate surface area is 80.6 Å². The topological polar surface area (TPSA) is 49.3 Å². The van der Waals surface area contributed by atoms with E-state index in [1.165, 1.54) is 12.1 Å². The van der Waals surface area contributed by atoms with Gasteiger partial charge in [0.2, 0.25) is 0 Å². The lowest BCUT2D eigenvalue weighted by atomic mass is 9.93. The van der Waals surface area contributed by atoms with Gasteiger partial charge in [0.15, 0.2) is 0 Å². The van der Waals surface area contributed by atoms with E-state index in [0.29, 0.717) is 5.56 Å². The molecule has 0 aromatic heterocycles. The molecule has 0 spiro atoms. The Kier molecular flexibility index (Phi) is 2.21. The summed E-state index contributed by atoms with van der Waals surface area (Å²) in [5, 5.41) is 12.0. The van der Waals surface area contributed by atoms with Gasteiger partial charge in [-0.05, 0) is 30.7 Å². The van der Waals surface area contributed by atoms with Crippen molar-refractivity contribution in [2.45, 2.75) is 12.5 Å². The van der Waals surface area contributed by atoms with Crippen molar-refractivity contribution in [3.05, 3.63) is 35.1 Å². The summed E-state index contributed by atoms with van der Waals surface area (Å²) in [6.45, 7) is 0.890. The molecule has 1 aliphatic rings. The third-order valence-electron chi connectivity index (χ3n) is 2.44. The number of benzene rings is 1. The van der Waals surface area contributed by atoms with Crippen molar-refractivity contribution in [1.29, 1.82) is 0 Å². The Morgan fingerprint density at radius 2 is 2.29 bits per heavy atom. The Bertz CT molecular complexity index is 374. The molecule has 0 bridgehead atoms. The van der Waals surface area contributed by atoms with Crippen LogP contribution in [-0.2, 0) is 0 Å². The van der Waals surface area contributed by atoms with Crippen molar-refractivity contribution >= 4 is 5.97 Å². The molecule has 1 unspecified atom stereocenters. The summed E-state index contributed by atoms with van der Waals surface area (Å²) >= 11 is 0. The highest BCUT2D eigenvalue weighted by Gasteiger charge is 2.23. The summed E-state index contributed by atoms with van der Waals surface area (Å²) in [7, 11) is 0. The molecular formula is C10H10FNO2. The van der Waals surface area contributed by atoms with Gasteiger partial charge in [-0.2, -0.15) is 0 Å². The third kappa shape index (κ3) is 1.48. The maximum Gasteiger partial charge on any atom is 0.336 e. The first-order valence-corrected chi connectivity index (χ1v) is 4.44. The SMILES string of the molecule is O=C(O)c1cc(F)ccc1C1CCN1. The smallest absolute Gasteiger partial charge is 0.336 e. The second-order valence-corrected chi connectivity index (χ2v) is 3.33. The van der Waals surface area contributed by atoms with Gasteiger partial charge in [0.05, 0.1) is 5.56 Å². The zero-order chi connectivity index (χ0) is 10.1. The van der Waals surface area contributed by atoms with Crippen molar-refractivity contribution in [3.63, 3.8) is 0 Å². The second kappa shape index (κ2) is 3.38. The van der Waals surface area contributed by atoms with E-state index < -0.39 is 11.8 Å². The highest BCUT2D eigenvalue weighted by atomic mass is 19.1. The van der Waals surface area contributed by atoms with E-state index in [2.05, 4.69) is 5.32 Å². The molecule has 1 aromatic rings. The number of nitrogens with one attached hydrogen (secondary N) is 1. The monoisotopic (exact) mass is 195 g/mol. The largest absolute Gasteiger partial charge is 0.478 e. The number of hydrogen-bond acceptors (Lipinski definition) is 2. The summed E-state index contributed by atoms with van der Waals surface area (Å²) in [6.07, 6.45) is 0.909. The summed E-state index contributed by atoms with van der Waals surface area (Å²) in [4.78, 5) is 10.8. The fourth-order valence-electron chi connectivity index (χ4n) is 1.57. The van der Waals surface area contributed by atoms with Gasteiger partial charge in [0, 0.05) is 6.04 Å². The molecule has 1 atom stereocenters. The number of rotatable bonds is 2. The molecule has 1 heterocycles. The quantitative estimate of drug-likeness (QED) is 0.752. The van der Waals surface area contributed by atoms with Crippen LogP contribution in [0.3, 0.4) is 0 Å². The average Bonchev–Trinajstić information content (AvgIpc) is 2.04. The normalized spacial score (nSPS) is 20.2. The van der Waals surface area contributed by atoms with Crippen molar-refractivity contribution in [2.24, 2.45) is 0 Å². The molecule has 74 valence electrons. The summed E-state index contributed by atoms with van der Waals surface area (Å²) in [6, 6.07) is 3.97. The molecule has 2 rings (SSSR count). The lowest BCUT2D eigenvalue weighted by Crippen LogP contribution is -2.36. The van der Waals surface area contributed by atoms with Crippen molar-refractivity contribution in [3.8, 4) is 0 Å². The zero-order valence-corrected chi connectivity index (χ0v) is 7.46. The standard InChI is InChI=1S/C10H10FNO2/c11-6-1-2-7(9-3-4-12-9)8(5-6)10(13)14/h1-2,5,9,12H,3-4H2,(H,13,14). The van der Waals surface area contributed by atoms with Gasteiger partial charge in [-0.25, -0.2) is 9.18 Å². The van der Waals surface area contributed by atoms with Crippen LogP contribution >= 0.6 is 0 Å². The minimum Gasteiger partial charge on any atom is -0.478 e. The van der Waals surface area contributed by atoms with E-state index in [1.54, 1.807) is 0 Å². The van der Waals surface area contributed by atoms with Crippen LogP contribution < -0.4 is 5.32 Å². The summed E-state index contributed by atoms with van der Waals surface area (Å²) < 4.78 is 12.8. The molecule has 3 nitrogen and oxygen atoms in total. The van der Waals surface area contributed by atoms with Gasteiger partial charge in [-0.3, -0.25) is 0 Å². The van der Waals surface area contributed by atoms with E-state index in [1.807, 2.05) is 0 Å². The Hall–Kier alpha value is -1.42. The minimum absolute atomic E-state index is 0.0576. The number of hydrogen-bond donors (Lipinski definition) is 2. The summed E-state index contributed by atoms with van der Waals surface area (Å²) in [5.41, 5.74) is 0.729. The zero-order valence-electron chi connectivity index (χ0n) is 7.46. The van der Waals surface area contributed by atoms with Crippen LogP contribution in [0.25, 0.3) is 0 Å². The Morgan fingerprint density at radius 3 is 2.79 bits per heavy atom. The van der Waals surface area contributed by atoms with Gasteiger partial charge < -0.3 is 10.4 Å². The highest BCUT2D eigenvalue weighted by Crippen LogP contribution is 2.26. The highest BCUT2D eigenvalue weighted by molar-refractivity contribution is 5.89. The molecule has 2 N–H and O–H groups in total. The molecular weight excluding hydrogens is 185 g/mol. The van der Waals surface area contributed by atoms with E-state index in [4.69, 9.17) is 5.11 Å². The second-order valence-electron chi connectivity index (χ2n) is 3.33. The molecule has 4 heteroatoms. The van der Waals surface area contributed by atoms with Gasteiger partial charge in [-0.15, -0.1) is 0 Å². The Morgan fingerprint density at radius 1 is 1.57 bits per heavy atom. The molecule has 1 aromatic carbocycles. The minimum atomic E-state index is -1.08. The number of carbonyl (C=O) groups is 1. The average molecular weight is 195 g/mol. The lowest BCUT2D eigenvalue weighted by Gasteiger charge is -2.29. The number of carboxylic acid groups (broad SMARTS) is 1. The Balaban J connectivity index is 2.41. The van der Waals surface area contributed by atoms with Crippen LogP contribution in [0.5, 0.6) is 0 Å².